The van der Waals surface area contributed by atoms with Crippen LogP contribution in [0.5, 0.6) is 0 Å². The van der Waals surface area contributed by atoms with Gasteiger partial charge in [-0.2, -0.15) is 4.98 Å². The number of aromatic nitrogens is 2. The zero-order chi connectivity index (χ0) is 16.0. The Hall–Kier alpha value is -1.63. The molecule has 1 aromatic heterocycles. The monoisotopic (exact) mass is 310 g/mol. The largest absolute Gasteiger partial charge is 0.394 e. The Kier molecular flexibility index (Phi) is 5.76. The van der Waals surface area contributed by atoms with Crippen LogP contribution in [-0.2, 0) is 6.42 Å². The highest BCUT2D eigenvalue weighted by Crippen LogP contribution is 2.32. The quantitative estimate of drug-likeness (QED) is 0.740. The van der Waals surface area contributed by atoms with E-state index in [1.165, 1.54) is 19.3 Å². The van der Waals surface area contributed by atoms with Crippen LogP contribution in [0, 0.1) is 12.8 Å². The van der Waals surface area contributed by atoms with Crippen LogP contribution >= 0.6 is 0 Å². The molecule has 7 heteroatoms. The minimum absolute atomic E-state index is 0.0477. The average molecular weight is 310 g/mol. The number of aliphatic hydroxyl groups is 1. The SMILES string of the molecule is Cc1noc(CCNC(=O)N[C@@](C)(CO)C2CCCCC2)n1. The molecular weight excluding hydrogens is 284 g/mol. The first-order chi connectivity index (χ1) is 10.5. The minimum Gasteiger partial charge on any atom is -0.394 e. The van der Waals surface area contributed by atoms with Crippen LogP contribution in [0.2, 0.25) is 0 Å². The van der Waals surface area contributed by atoms with Gasteiger partial charge in [0.1, 0.15) is 0 Å². The lowest BCUT2D eigenvalue weighted by Gasteiger charge is -2.39. The molecule has 124 valence electrons. The molecule has 1 aliphatic rings. The van der Waals surface area contributed by atoms with Crippen LogP contribution in [0.4, 0.5) is 4.79 Å². The predicted octanol–water partition coefficient (Wildman–Crippen LogP) is 1.55. The molecule has 0 unspecified atom stereocenters. The van der Waals surface area contributed by atoms with Crippen molar-refractivity contribution in [3.63, 3.8) is 0 Å². The van der Waals surface area contributed by atoms with Crippen molar-refractivity contribution < 1.29 is 14.4 Å². The summed E-state index contributed by atoms with van der Waals surface area (Å²) in [6.07, 6.45) is 6.18. The van der Waals surface area contributed by atoms with E-state index in [0.717, 1.165) is 12.8 Å². The first-order valence-electron chi connectivity index (χ1n) is 7.99. The van der Waals surface area contributed by atoms with E-state index in [0.29, 0.717) is 30.6 Å². The lowest BCUT2D eigenvalue weighted by atomic mass is 9.76. The third-order valence-corrected chi connectivity index (χ3v) is 4.43. The topological polar surface area (TPSA) is 100 Å². The second kappa shape index (κ2) is 7.58. The summed E-state index contributed by atoms with van der Waals surface area (Å²) in [6.45, 7) is 4.04. The summed E-state index contributed by atoms with van der Waals surface area (Å²) in [4.78, 5) is 16.1. The normalized spacial score (nSPS) is 18.7. The second-order valence-electron chi connectivity index (χ2n) is 6.28. The molecule has 0 spiro atoms. The molecule has 1 heterocycles. The molecule has 0 radical (unpaired) electrons. The van der Waals surface area contributed by atoms with Gasteiger partial charge in [0.05, 0.1) is 12.1 Å². The Bertz CT molecular complexity index is 485. The van der Waals surface area contributed by atoms with Crippen LogP contribution in [0.3, 0.4) is 0 Å². The molecule has 0 aromatic carbocycles. The molecule has 0 saturated heterocycles. The van der Waals surface area contributed by atoms with Crippen LogP contribution in [0.25, 0.3) is 0 Å². The van der Waals surface area contributed by atoms with Crippen molar-refractivity contribution in [2.45, 2.75) is 57.9 Å². The number of hydrogen-bond acceptors (Lipinski definition) is 5. The fourth-order valence-electron chi connectivity index (χ4n) is 3.04. The number of carbonyl (C=O) groups is 1. The highest BCUT2D eigenvalue weighted by molar-refractivity contribution is 5.74. The summed E-state index contributed by atoms with van der Waals surface area (Å²) in [7, 11) is 0. The van der Waals surface area contributed by atoms with Crippen molar-refractivity contribution in [2.75, 3.05) is 13.2 Å². The lowest BCUT2D eigenvalue weighted by molar-refractivity contribution is 0.101. The fourth-order valence-corrected chi connectivity index (χ4v) is 3.04. The first-order valence-corrected chi connectivity index (χ1v) is 7.99. The molecule has 1 aliphatic carbocycles. The van der Waals surface area contributed by atoms with E-state index in [1.807, 2.05) is 6.92 Å². The van der Waals surface area contributed by atoms with E-state index in [4.69, 9.17) is 4.52 Å². The van der Waals surface area contributed by atoms with Gasteiger partial charge in [-0.05, 0) is 32.6 Å². The van der Waals surface area contributed by atoms with Gasteiger partial charge in [-0.1, -0.05) is 24.4 Å². The Morgan fingerprint density at radius 1 is 1.41 bits per heavy atom. The Balaban J connectivity index is 1.78. The van der Waals surface area contributed by atoms with Gasteiger partial charge in [0.2, 0.25) is 5.89 Å². The molecule has 0 aliphatic heterocycles. The number of nitrogens with zero attached hydrogens (tertiary/aromatic N) is 2. The number of urea groups is 1. The minimum atomic E-state index is -0.564. The molecule has 22 heavy (non-hydrogen) atoms. The van der Waals surface area contributed by atoms with Crippen LogP contribution in [0.15, 0.2) is 4.52 Å². The molecule has 2 amide bonds. The van der Waals surface area contributed by atoms with Crippen molar-refractivity contribution >= 4 is 6.03 Å². The first kappa shape index (κ1) is 16.7. The maximum absolute atomic E-state index is 12.1. The van der Waals surface area contributed by atoms with Gasteiger partial charge >= 0.3 is 6.03 Å². The average Bonchev–Trinajstić information content (AvgIpc) is 2.93. The summed E-state index contributed by atoms with van der Waals surface area (Å²) in [5.41, 5.74) is -0.564. The number of hydrogen-bond donors (Lipinski definition) is 3. The molecular formula is C15H26N4O3. The zero-order valence-electron chi connectivity index (χ0n) is 13.4. The maximum atomic E-state index is 12.1. The van der Waals surface area contributed by atoms with Gasteiger partial charge in [-0.15, -0.1) is 0 Å². The van der Waals surface area contributed by atoms with Gasteiger partial charge < -0.3 is 20.3 Å². The fraction of sp³-hybridized carbons (Fsp3) is 0.800. The van der Waals surface area contributed by atoms with E-state index in [9.17, 15) is 9.90 Å². The molecule has 1 atom stereocenters. The lowest BCUT2D eigenvalue weighted by Crippen LogP contribution is -2.57. The summed E-state index contributed by atoms with van der Waals surface area (Å²) >= 11 is 0. The van der Waals surface area contributed by atoms with Crippen LogP contribution in [0.1, 0.15) is 50.7 Å². The Morgan fingerprint density at radius 2 is 2.14 bits per heavy atom. The Labute approximate surface area is 130 Å². The smallest absolute Gasteiger partial charge is 0.315 e. The van der Waals surface area contributed by atoms with Crippen molar-refractivity contribution in [3.8, 4) is 0 Å². The molecule has 1 aromatic rings. The molecule has 3 N–H and O–H groups in total. The predicted molar refractivity (Wildman–Crippen MR) is 81.3 cm³/mol. The number of aryl methyl sites for hydroxylation is 1. The van der Waals surface area contributed by atoms with Crippen molar-refractivity contribution in [1.29, 1.82) is 0 Å². The maximum Gasteiger partial charge on any atom is 0.315 e. The van der Waals surface area contributed by atoms with Crippen molar-refractivity contribution in [3.05, 3.63) is 11.7 Å². The summed E-state index contributed by atoms with van der Waals surface area (Å²) in [6, 6.07) is -0.265. The molecule has 0 bridgehead atoms. The summed E-state index contributed by atoms with van der Waals surface area (Å²) in [5, 5.41) is 19.1. The second-order valence-corrected chi connectivity index (χ2v) is 6.28. The molecule has 7 nitrogen and oxygen atoms in total. The van der Waals surface area contributed by atoms with E-state index < -0.39 is 5.54 Å². The highest BCUT2D eigenvalue weighted by atomic mass is 16.5. The number of rotatable bonds is 6. The van der Waals surface area contributed by atoms with Gasteiger partial charge in [0.25, 0.3) is 0 Å². The van der Waals surface area contributed by atoms with E-state index in [2.05, 4.69) is 20.8 Å². The van der Waals surface area contributed by atoms with E-state index >= 15 is 0 Å². The number of carbonyl (C=O) groups excluding carboxylic acids is 1. The van der Waals surface area contributed by atoms with Gasteiger partial charge in [-0.25, -0.2) is 4.79 Å². The number of aliphatic hydroxyl groups excluding tert-OH is 1. The van der Waals surface area contributed by atoms with Crippen LogP contribution < -0.4 is 10.6 Å². The summed E-state index contributed by atoms with van der Waals surface area (Å²) in [5.74, 6) is 1.43. The molecule has 1 fully saturated rings. The molecule has 2 rings (SSSR count). The zero-order valence-corrected chi connectivity index (χ0v) is 13.4. The van der Waals surface area contributed by atoms with Crippen molar-refractivity contribution in [2.24, 2.45) is 5.92 Å². The standard InChI is InChI=1S/C15H26N4O3/c1-11-17-13(22-19-11)8-9-16-14(21)18-15(2,10-20)12-6-4-3-5-7-12/h12,20H,3-10H2,1-2H3,(H2,16,18,21)/t15-/m0/s1. The van der Waals surface area contributed by atoms with E-state index in [1.54, 1.807) is 6.92 Å². The summed E-state index contributed by atoms with van der Waals surface area (Å²) < 4.78 is 4.99. The highest BCUT2D eigenvalue weighted by Gasteiger charge is 2.35. The van der Waals surface area contributed by atoms with Gasteiger partial charge in [0.15, 0.2) is 5.82 Å². The molecule has 1 saturated carbocycles. The van der Waals surface area contributed by atoms with Gasteiger partial charge in [-0.3, -0.25) is 0 Å². The third kappa shape index (κ3) is 4.43. The third-order valence-electron chi connectivity index (χ3n) is 4.43. The number of amides is 2. The number of nitrogens with one attached hydrogen (secondary N) is 2. The van der Waals surface area contributed by atoms with Crippen molar-refractivity contribution in [1.82, 2.24) is 20.8 Å². The van der Waals surface area contributed by atoms with Gasteiger partial charge in [0, 0.05) is 13.0 Å². The van der Waals surface area contributed by atoms with Crippen LogP contribution in [-0.4, -0.2) is 40.0 Å². The Morgan fingerprint density at radius 3 is 2.73 bits per heavy atom. The van der Waals surface area contributed by atoms with E-state index in [-0.39, 0.29) is 12.6 Å².